The minimum absolute atomic E-state index is 0.203. The Kier molecular flexibility index (Phi) is 5.51. The molecule has 122 valence electrons. The van der Waals surface area contributed by atoms with Gasteiger partial charge >= 0.3 is 0 Å². The summed E-state index contributed by atoms with van der Waals surface area (Å²) in [5.41, 5.74) is 0.985. The monoisotopic (exact) mass is 348 g/mol. The molecule has 1 aliphatic rings. The van der Waals surface area contributed by atoms with E-state index in [0.717, 1.165) is 34.7 Å². The summed E-state index contributed by atoms with van der Waals surface area (Å²) < 4.78 is 0.821. The van der Waals surface area contributed by atoms with E-state index in [0.29, 0.717) is 11.7 Å². The lowest BCUT2D eigenvalue weighted by atomic mass is 10.0. The van der Waals surface area contributed by atoms with Gasteiger partial charge in [0, 0.05) is 18.8 Å². The van der Waals surface area contributed by atoms with Crippen LogP contribution in [0.2, 0.25) is 0 Å². The van der Waals surface area contributed by atoms with E-state index in [1.165, 1.54) is 29.5 Å². The molecule has 1 aromatic carbocycles. The molecule has 1 N–H and O–H groups in total. The number of rotatable bonds is 5. The lowest BCUT2D eigenvalue weighted by molar-refractivity contribution is -0.130. The van der Waals surface area contributed by atoms with Crippen molar-refractivity contribution >= 4 is 39.8 Å². The molecule has 1 aliphatic heterocycles. The molecule has 0 spiro atoms. The Morgan fingerprint density at radius 3 is 3.00 bits per heavy atom. The summed E-state index contributed by atoms with van der Waals surface area (Å²) in [6.45, 7) is 3.98. The van der Waals surface area contributed by atoms with Gasteiger partial charge in [-0.05, 0) is 30.9 Å². The molecular weight excluding hydrogens is 328 g/mol. The van der Waals surface area contributed by atoms with Gasteiger partial charge in [-0.3, -0.25) is 4.79 Å². The van der Waals surface area contributed by atoms with Crippen molar-refractivity contribution in [1.29, 1.82) is 0 Å². The Labute approximate surface area is 144 Å². The van der Waals surface area contributed by atoms with E-state index in [4.69, 9.17) is 0 Å². The smallest absolute Gasteiger partial charge is 0.233 e. The molecule has 1 atom stereocenters. The largest absolute Gasteiger partial charge is 0.342 e. The van der Waals surface area contributed by atoms with Crippen LogP contribution in [0, 0.1) is 5.92 Å². The van der Waals surface area contributed by atoms with Crippen LogP contribution in [0.5, 0.6) is 0 Å². The maximum Gasteiger partial charge on any atom is 0.233 e. The Morgan fingerprint density at radius 2 is 2.22 bits per heavy atom. The Hall–Kier alpha value is -1.60. The molecule has 2 aromatic rings. The molecule has 0 aliphatic carbocycles. The normalized spacial score (nSPS) is 18.0. The highest BCUT2D eigenvalue weighted by molar-refractivity contribution is 8.01. The van der Waals surface area contributed by atoms with Crippen molar-refractivity contribution in [3.8, 4) is 0 Å². The van der Waals surface area contributed by atoms with Gasteiger partial charge in [0.05, 0.1) is 5.75 Å². The van der Waals surface area contributed by atoms with Crippen molar-refractivity contribution in [3.05, 3.63) is 30.3 Å². The first kappa shape index (κ1) is 16.3. The molecule has 0 bridgehead atoms. The van der Waals surface area contributed by atoms with Gasteiger partial charge in [0.25, 0.3) is 0 Å². The molecule has 1 aromatic heterocycles. The number of hydrogen-bond acceptors (Lipinski definition) is 6. The van der Waals surface area contributed by atoms with Crippen LogP contribution in [-0.2, 0) is 4.79 Å². The number of nitrogens with zero attached hydrogens (tertiary/aromatic N) is 3. The topological polar surface area (TPSA) is 58.1 Å². The molecule has 7 heteroatoms. The fourth-order valence-corrected chi connectivity index (χ4v) is 4.27. The number of thioether (sulfide) groups is 1. The van der Waals surface area contributed by atoms with Crippen LogP contribution in [0.15, 0.2) is 34.7 Å². The number of amides is 1. The lowest BCUT2D eigenvalue weighted by Gasteiger charge is -2.30. The number of para-hydroxylation sites is 1. The van der Waals surface area contributed by atoms with Crippen molar-refractivity contribution < 1.29 is 4.79 Å². The second-order valence-electron chi connectivity index (χ2n) is 5.74. The van der Waals surface area contributed by atoms with E-state index in [9.17, 15) is 4.79 Å². The molecule has 0 saturated carbocycles. The third kappa shape index (κ3) is 4.68. The summed E-state index contributed by atoms with van der Waals surface area (Å²) in [4.78, 5) is 14.2. The molecule has 1 saturated heterocycles. The summed E-state index contributed by atoms with van der Waals surface area (Å²) in [5.74, 6) is 1.25. The Balaban J connectivity index is 1.50. The van der Waals surface area contributed by atoms with Crippen LogP contribution in [0.1, 0.15) is 19.8 Å². The van der Waals surface area contributed by atoms with Crippen molar-refractivity contribution in [2.45, 2.75) is 24.1 Å². The van der Waals surface area contributed by atoms with Crippen LogP contribution in [0.25, 0.3) is 0 Å². The second-order valence-corrected chi connectivity index (χ2v) is 7.94. The van der Waals surface area contributed by atoms with Crippen LogP contribution in [0.4, 0.5) is 10.8 Å². The average Bonchev–Trinajstić information content (AvgIpc) is 3.01. The number of benzene rings is 1. The van der Waals surface area contributed by atoms with Gasteiger partial charge in [-0.25, -0.2) is 0 Å². The zero-order valence-electron chi connectivity index (χ0n) is 13.1. The van der Waals surface area contributed by atoms with E-state index in [1.54, 1.807) is 0 Å². The summed E-state index contributed by atoms with van der Waals surface area (Å²) in [7, 11) is 0. The van der Waals surface area contributed by atoms with Gasteiger partial charge in [0.15, 0.2) is 4.34 Å². The van der Waals surface area contributed by atoms with Gasteiger partial charge in [-0.1, -0.05) is 48.2 Å². The van der Waals surface area contributed by atoms with E-state index >= 15 is 0 Å². The van der Waals surface area contributed by atoms with Gasteiger partial charge in [0.2, 0.25) is 11.0 Å². The maximum atomic E-state index is 12.3. The van der Waals surface area contributed by atoms with E-state index in [2.05, 4.69) is 22.4 Å². The fraction of sp³-hybridized carbons (Fsp3) is 0.438. The molecule has 23 heavy (non-hydrogen) atoms. The number of hydrogen-bond donors (Lipinski definition) is 1. The van der Waals surface area contributed by atoms with Crippen molar-refractivity contribution in [1.82, 2.24) is 15.1 Å². The van der Waals surface area contributed by atoms with Crippen LogP contribution in [-0.4, -0.2) is 39.8 Å². The molecule has 1 amide bonds. The van der Waals surface area contributed by atoms with Crippen LogP contribution >= 0.6 is 23.1 Å². The standard InChI is InChI=1S/C16H20N4OS2/c1-12-6-5-9-20(10-12)14(21)11-22-16-19-18-15(23-16)17-13-7-3-2-4-8-13/h2-4,7-8,12H,5-6,9-11H2,1H3,(H,17,18). The number of carbonyl (C=O) groups excluding carboxylic acids is 1. The minimum atomic E-state index is 0.203. The van der Waals surface area contributed by atoms with Crippen LogP contribution in [0.3, 0.4) is 0 Å². The second kappa shape index (κ2) is 7.79. The quantitative estimate of drug-likeness (QED) is 0.836. The molecule has 1 unspecified atom stereocenters. The van der Waals surface area contributed by atoms with E-state index in [-0.39, 0.29) is 5.91 Å². The number of carbonyl (C=O) groups is 1. The maximum absolute atomic E-state index is 12.3. The highest BCUT2D eigenvalue weighted by Gasteiger charge is 2.21. The molecule has 0 radical (unpaired) electrons. The number of piperidine rings is 1. The molecule has 1 fully saturated rings. The van der Waals surface area contributed by atoms with Gasteiger partial charge < -0.3 is 10.2 Å². The van der Waals surface area contributed by atoms with Gasteiger partial charge in [-0.15, -0.1) is 10.2 Å². The number of anilines is 2. The number of likely N-dealkylation sites (tertiary alicyclic amines) is 1. The Morgan fingerprint density at radius 1 is 1.39 bits per heavy atom. The van der Waals surface area contributed by atoms with E-state index in [1.807, 2.05) is 35.2 Å². The summed E-state index contributed by atoms with van der Waals surface area (Å²) >= 11 is 2.94. The van der Waals surface area contributed by atoms with Gasteiger partial charge in [0.1, 0.15) is 0 Å². The summed E-state index contributed by atoms with van der Waals surface area (Å²) in [6, 6.07) is 9.87. The third-order valence-corrected chi connectivity index (χ3v) is 5.72. The predicted octanol–water partition coefficient (Wildman–Crippen LogP) is 3.63. The minimum Gasteiger partial charge on any atom is -0.342 e. The van der Waals surface area contributed by atoms with Crippen LogP contribution < -0.4 is 5.32 Å². The van der Waals surface area contributed by atoms with Gasteiger partial charge in [-0.2, -0.15) is 0 Å². The first-order chi connectivity index (χ1) is 11.2. The fourth-order valence-electron chi connectivity index (χ4n) is 2.59. The SMILES string of the molecule is CC1CCCN(C(=O)CSc2nnc(Nc3ccccc3)s2)C1. The summed E-state index contributed by atoms with van der Waals surface area (Å²) in [6.07, 6.45) is 2.34. The highest BCUT2D eigenvalue weighted by atomic mass is 32.2. The zero-order chi connectivity index (χ0) is 16.1. The number of aromatic nitrogens is 2. The molecule has 5 nitrogen and oxygen atoms in total. The molecule has 2 heterocycles. The average molecular weight is 348 g/mol. The predicted molar refractivity (Wildman–Crippen MR) is 95.3 cm³/mol. The van der Waals surface area contributed by atoms with Crippen molar-refractivity contribution in [2.24, 2.45) is 5.92 Å². The third-order valence-electron chi connectivity index (χ3n) is 3.76. The van der Waals surface area contributed by atoms with E-state index < -0.39 is 0 Å². The zero-order valence-corrected chi connectivity index (χ0v) is 14.7. The molecular formula is C16H20N4OS2. The Bertz CT molecular complexity index is 647. The molecule has 3 rings (SSSR count). The summed E-state index contributed by atoms with van der Waals surface area (Å²) in [5, 5.41) is 12.2. The first-order valence-electron chi connectivity index (χ1n) is 7.77. The highest BCUT2D eigenvalue weighted by Crippen LogP contribution is 2.28. The van der Waals surface area contributed by atoms with Crippen molar-refractivity contribution in [2.75, 3.05) is 24.2 Å². The lowest BCUT2D eigenvalue weighted by Crippen LogP contribution is -2.40. The first-order valence-corrected chi connectivity index (χ1v) is 9.57. The van der Waals surface area contributed by atoms with Crippen molar-refractivity contribution in [3.63, 3.8) is 0 Å². The number of nitrogens with one attached hydrogen (secondary N) is 1.